The van der Waals surface area contributed by atoms with E-state index in [0.29, 0.717) is 27.4 Å². The van der Waals surface area contributed by atoms with Crippen LogP contribution in [0.25, 0.3) is 6.08 Å². The van der Waals surface area contributed by atoms with E-state index >= 15 is 0 Å². The highest BCUT2D eigenvalue weighted by Crippen LogP contribution is 2.35. The van der Waals surface area contributed by atoms with Crippen LogP contribution in [0, 0.1) is 5.82 Å². The van der Waals surface area contributed by atoms with Crippen LogP contribution in [0.1, 0.15) is 22.3 Å². The standard InChI is InChI=1S/C32H23BrFN3O4S/c33-22-12-14-25(15-13-22)37-29(38)19-28(32(37)41)42-26-11-5-10-24(18-26)35-31(40)27(17-20-6-4-9-23(34)16-20)36-30(39)21-7-2-1-3-8-21/h1-18,28H,19H2,(H,35,40)(H,36,39)/b27-17-/t28-/m1/s1. The highest BCUT2D eigenvalue weighted by atomic mass is 79.9. The summed E-state index contributed by atoms with van der Waals surface area (Å²) in [6.07, 6.45) is 1.43. The number of benzene rings is 4. The summed E-state index contributed by atoms with van der Waals surface area (Å²) in [5, 5.41) is 4.76. The molecule has 4 amide bonds. The molecule has 0 bridgehead atoms. The Bertz CT molecular complexity index is 1700. The summed E-state index contributed by atoms with van der Waals surface area (Å²) in [6, 6.07) is 27.8. The molecule has 42 heavy (non-hydrogen) atoms. The topological polar surface area (TPSA) is 95.6 Å². The number of carbonyl (C=O) groups excluding carboxylic acids is 4. The molecule has 1 aliphatic heterocycles. The predicted octanol–water partition coefficient (Wildman–Crippen LogP) is 6.42. The van der Waals surface area contributed by atoms with E-state index in [2.05, 4.69) is 26.6 Å². The molecule has 210 valence electrons. The van der Waals surface area contributed by atoms with Crippen LogP contribution in [0.2, 0.25) is 0 Å². The van der Waals surface area contributed by atoms with E-state index < -0.39 is 22.9 Å². The molecule has 5 rings (SSSR count). The molecule has 0 radical (unpaired) electrons. The Morgan fingerprint density at radius 2 is 1.64 bits per heavy atom. The smallest absolute Gasteiger partial charge is 0.272 e. The van der Waals surface area contributed by atoms with Gasteiger partial charge in [0.05, 0.1) is 10.9 Å². The van der Waals surface area contributed by atoms with Crippen molar-refractivity contribution in [2.45, 2.75) is 16.6 Å². The number of halogens is 2. The summed E-state index contributed by atoms with van der Waals surface area (Å²) in [7, 11) is 0. The third-order valence-electron chi connectivity index (χ3n) is 6.25. The number of carbonyl (C=O) groups is 4. The molecule has 7 nitrogen and oxygen atoms in total. The second-order valence-electron chi connectivity index (χ2n) is 9.27. The van der Waals surface area contributed by atoms with Gasteiger partial charge in [0.1, 0.15) is 11.5 Å². The molecule has 1 fully saturated rings. The van der Waals surface area contributed by atoms with Crippen LogP contribution < -0.4 is 15.5 Å². The number of thioether (sulfide) groups is 1. The van der Waals surface area contributed by atoms with Gasteiger partial charge in [-0.3, -0.25) is 19.2 Å². The Balaban J connectivity index is 1.32. The van der Waals surface area contributed by atoms with Gasteiger partial charge in [-0.25, -0.2) is 9.29 Å². The summed E-state index contributed by atoms with van der Waals surface area (Å²) in [5.41, 5.74) is 1.56. The number of imide groups is 1. The summed E-state index contributed by atoms with van der Waals surface area (Å²) >= 11 is 4.58. The lowest BCUT2D eigenvalue weighted by Crippen LogP contribution is -2.31. The minimum atomic E-state index is -0.626. The molecular formula is C32H23BrFN3O4S. The summed E-state index contributed by atoms with van der Waals surface area (Å²) in [6.45, 7) is 0. The highest BCUT2D eigenvalue weighted by Gasteiger charge is 2.40. The monoisotopic (exact) mass is 643 g/mol. The van der Waals surface area contributed by atoms with E-state index in [1.807, 2.05) is 0 Å². The Morgan fingerprint density at radius 1 is 0.905 bits per heavy atom. The molecule has 0 saturated carbocycles. The van der Waals surface area contributed by atoms with Gasteiger partial charge in [-0.15, -0.1) is 11.8 Å². The molecule has 1 aliphatic rings. The van der Waals surface area contributed by atoms with Gasteiger partial charge in [0, 0.05) is 27.0 Å². The van der Waals surface area contributed by atoms with E-state index in [9.17, 15) is 23.6 Å². The van der Waals surface area contributed by atoms with Crippen molar-refractivity contribution >= 4 is 68.8 Å². The number of nitrogens with one attached hydrogen (secondary N) is 2. The van der Waals surface area contributed by atoms with Gasteiger partial charge in [0.2, 0.25) is 11.8 Å². The van der Waals surface area contributed by atoms with Crippen molar-refractivity contribution in [3.05, 3.63) is 130 Å². The number of amides is 4. The van der Waals surface area contributed by atoms with Gasteiger partial charge in [-0.1, -0.05) is 52.3 Å². The normalized spacial score (nSPS) is 15.0. The lowest BCUT2D eigenvalue weighted by Gasteiger charge is -2.15. The van der Waals surface area contributed by atoms with Crippen molar-refractivity contribution in [2.24, 2.45) is 0 Å². The first-order valence-corrected chi connectivity index (χ1v) is 14.5. The quantitative estimate of drug-likeness (QED) is 0.171. The fraction of sp³-hybridized carbons (Fsp3) is 0.0625. The molecule has 4 aromatic carbocycles. The van der Waals surface area contributed by atoms with Crippen LogP contribution in [-0.4, -0.2) is 28.9 Å². The van der Waals surface area contributed by atoms with Gasteiger partial charge >= 0.3 is 0 Å². The Labute approximate surface area is 253 Å². The molecule has 0 unspecified atom stereocenters. The highest BCUT2D eigenvalue weighted by molar-refractivity contribution is 9.10. The van der Waals surface area contributed by atoms with Crippen molar-refractivity contribution in [1.29, 1.82) is 0 Å². The minimum Gasteiger partial charge on any atom is -0.321 e. The molecule has 1 heterocycles. The van der Waals surface area contributed by atoms with Crippen LogP contribution in [0.5, 0.6) is 0 Å². The van der Waals surface area contributed by atoms with Crippen LogP contribution >= 0.6 is 27.7 Å². The van der Waals surface area contributed by atoms with Crippen molar-refractivity contribution in [3.8, 4) is 0 Å². The van der Waals surface area contributed by atoms with E-state index in [0.717, 1.165) is 4.47 Å². The number of hydrogen-bond acceptors (Lipinski definition) is 5. The Kier molecular flexibility index (Phi) is 8.94. The average Bonchev–Trinajstić information content (AvgIpc) is 3.25. The predicted molar refractivity (Wildman–Crippen MR) is 164 cm³/mol. The zero-order valence-electron chi connectivity index (χ0n) is 21.9. The molecule has 10 heteroatoms. The second-order valence-corrected chi connectivity index (χ2v) is 11.5. The van der Waals surface area contributed by atoms with Crippen LogP contribution in [-0.2, 0) is 14.4 Å². The first-order valence-electron chi connectivity index (χ1n) is 12.8. The molecule has 0 aliphatic carbocycles. The van der Waals surface area contributed by atoms with E-state index in [1.165, 1.54) is 40.9 Å². The van der Waals surface area contributed by atoms with Gasteiger partial charge in [0.25, 0.3) is 11.8 Å². The van der Waals surface area contributed by atoms with Gasteiger partial charge < -0.3 is 10.6 Å². The summed E-state index contributed by atoms with van der Waals surface area (Å²) < 4.78 is 14.7. The summed E-state index contributed by atoms with van der Waals surface area (Å²) in [5.74, 6) is -2.21. The fourth-order valence-electron chi connectivity index (χ4n) is 4.27. The van der Waals surface area contributed by atoms with Crippen molar-refractivity contribution in [1.82, 2.24) is 5.32 Å². The lowest BCUT2D eigenvalue weighted by molar-refractivity contribution is -0.121. The number of anilines is 2. The maximum atomic E-state index is 13.8. The third-order valence-corrected chi connectivity index (χ3v) is 7.96. The van der Waals surface area contributed by atoms with Crippen LogP contribution in [0.4, 0.5) is 15.8 Å². The molecular weight excluding hydrogens is 621 g/mol. The number of nitrogens with zero attached hydrogens (tertiary/aromatic N) is 1. The first kappa shape index (κ1) is 29.0. The van der Waals surface area contributed by atoms with Gasteiger partial charge in [-0.05, 0) is 78.4 Å². The fourth-order valence-corrected chi connectivity index (χ4v) is 5.65. The van der Waals surface area contributed by atoms with Crippen LogP contribution in [0.15, 0.2) is 118 Å². The lowest BCUT2D eigenvalue weighted by atomic mass is 10.1. The van der Waals surface area contributed by atoms with Gasteiger partial charge in [0.15, 0.2) is 0 Å². The van der Waals surface area contributed by atoms with Crippen molar-refractivity contribution in [3.63, 3.8) is 0 Å². The van der Waals surface area contributed by atoms with Crippen molar-refractivity contribution < 1.29 is 23.6 Å². The zero-order chi connectivity index (χ0) is 29.6. The number of hydrogen-bond donors (Lipinski definition) is 2. The van der Waals surface area contributed by atoms with E-state index in [4.69, 9.17) is 0 Å². The SMILES string of the molecule is O=C(Nc1cccc(S[C@@H]2CC(=O)N(c3ccc(Br)cc3)C2=O)c1)/C(=C/c1cccc(F)c1)NC(=O)c1ccccc1. The molecule has 0 aromatic heterocycles. The zero-order valence-corrected chi connectivity index (χ0v) is 24.3. The summed E-state index contributed by atoms with van der Waals surface area (Å²) in [4.78, 5) is 53.8. The average molecular weight is 645 g/mol. The Morgan fingerprint density at radius 3 is 2.38 bits per heavy atom. The number of rotatable bonds is 8. The van der Waals surface area contributed by atoms with Crippen molar-refractivity contribution in [2.75, 3.05) is 10.2 Å². The third kappa shape index (κ3) is 7.02. The minimum absolute atomic E-state index is 0.0438. The van der Waals surface area contributed by atoms with E-state index in [1.54, 1.807) is 84.9 Å². The van der Waals surface area contributed by atoms with Gasteiger partial charge in [-0.2, -0.15) is 0 Å². The second kappa shape index (κ2) is 13.0. The maximum absolute atomic E-state index is 13.8. The Hall–Kier alpha value is -4.54. The molecule has 2 N–H and O–H groups in total. The molecule has 1 saturated heterocycles. The largest absolute Gasteiger partial charge is 0.321 e. The molecule has 1 atom stereocenters. The van der Waals surface area contributed by atoms with Crippen LogP contribution in [0.3, 0.4) is 0 Å². The molecule has 4 aromatic rings. The van der Waals surface area contributed by atoms with E-state index in [-0.39, 0.29) is 23.9 Å². The maximum Gasteiger partial charge on any atom is 0.272 e. The molecule has 0 spiro atoms. The first-order chi connectivity index (χ1) is 20.3.